The van der Waals surface area contributed by atoms with Gasteiger partial charge in [0, 0.05) is 6.42 Å². The van der Waals surface area contributed by atoms with Crippen molar-refractivity contribution in [2.24, 2.45) is 0 Å². The Kier molecular flexibility index (Phi) is 4.02. The second-order valence-corrected chi connectivity index (χ2v) is 4.04. The average molecular weight is 284 g/mol. The van der Waals surface area contributed by atoms with Crippen LogP contribution in [-0.2, 0) is 17.4 Å². The highest BCUT2D eigenvalue weighted by atomic mass is 19.4. The standard InChI is InChI=1S/C12H11F3N4O/c13-12(14,15)10-17-11(19-18-10)16-9(20)7-6-8-4-2-1-3-5-8/h1-5H,6-7H2,(H2,16,17,18,19,20). The number of aryl methyl sites for hydroxylation is 1. The molecule has 0 aliphatic rings. The number of nitrogens with one attached hydrogen (secondary N) is 2. The van der Waals surface area contributed by atoms with Gasteiger partial charge in [-0.25, -0.2) is 0 Å². The van der Waals surface area contributed by atoms with Gasteiger partial charge in [-0.05, 0) is 12.0 Å². The number of hydrogen-bond acceptors (Lipinski definition) is 3. The number of aromatic nitrogens is 3. The van der Waals surface area contributed by atoms with Crippen molar-refractivity contribution in [2.75, 3.05) is 5.32 Å². The largest absolute Gasteiger partial charge is 0.451 e. The van der Waals surface area contributed by atoms with Gasteiger partial charge in [0.1, 0.15) is 0 Å². The van der Waals surface area contributed by atoms with Crippen molar-refractivity contribution < 1.29 is 18.0 Å². The number of benzene rings is 1. The summed E-state index contributed by atoms with van der Waals surface area (Å²) >= 11 is 0. The van der Waals surface area contributed by atoms with Gasteiger partial charge in [0.25, 0.3) is 0 Å². The summed E-state index contributed by atoms with van der Waals surface area (Å²) in [5, 5.41) is 7.23. The van der Waals surface area contributed by atoms with Crippen molar-refractivity contribution in [1.29, 1.82) is 0 Å². The Morgan fingerprint density at radius 3 is 2.55 bits per heavy atom. The maximum absolute atomic E-state index is 12.3. The molecule has 0 saturated heterocycles. The first-order valence-corrected chi connectivity index (χ1v) is 5.78. The molecule has 1 aromatic heterocycles. The van der Waals surface area contributed by atoms with Gasteiger partial charge in [0.15, 0.2) is 0 Å². The van der Waals surface area contributed by atoms with Gasteiger partial charge in [0.2, 0.25) is 17.7 Å². The van der Waals surface area contributed by atoms with Crippen LogP contribution in [0.25, 0.3) is 0 Å². The van der Waals surface area contributed by atoms with Crippen LogP contribution in [0.15, 0.2) is 30.3 Å². The number of carbonyl (C=O) groups excluding carboxylic acids is 1. The predicted molar refractivity (Wildman–Crippen MR) is 64.8 cm³/mol. The fraction of sp³-hybridized carbons (Fsp3) is 0.250. The Hall–Kier alpha value is -2.38. The molecule has 0 aliphatic carbocycles. The van der Waals surface area contributed by atoms with E-state index in [-0.39, 0.29) is 12.4 Å². The zero-order valence-corrected chi connectivity index (χ0v) is 10.2. The highest BCUT2D eigenvalue weighted by molar-refractivity contribution is 5.88. The number of nitrogens with zero attached hydrogens (tertiary/aromatic N) is 2. The average Bonchev–Trinajstić information content (AvgIpc) is 2.86. The van der Waals surface area contributed by atoms with Crippen LogP contribution in [0.2, 0.25) is 0 Å². The van der Waals surface area contributed by atoms with Crippen LogP contribution in [-0.4, -0.2) is 21.1 Å². The minimum absolute atomic E-state index is 0.139. The minimum Gasteiger partial charge on any atom is -0.293 e. The number of carbonyl (C=O) groups is 1. The summed E-state index contributed by atoms with van der Waals surface area (Å²) in [6, 6.07) is 9.27. The molecule has 0 spiro atoms. The molecular formula is C12H11F3N4O. The lowest BCUT2D eigenvalue weighted by molar-refractivity contribution is -0.144. The van der Waals surface area contributed by atoms with Crippen LogP contribution in [0.3, 0.4) is 0 Å². The maximum atomic E-state index is 12.3. The summed E-state index contributed by atoms with van der Waals surface area (Å²) in [5.41, 5.74) is 0.966. The second-order valence-electron chi connectivity index (χ2n) is 4.04. The molecule has 0 saturated carbocycles. The summed E-state index contributed by atoms with van der Waals surface area (Å²) in [4.78, 5) is 14.7. The normalized spacial score (nSPS) is 11.3. The summed E-state index contributed by atoms with van der Waals surface area (Å²) < 4.78 is 36.8. The first-order valence-electron chi connectivity index (χ1n) is 5.78. The summed E-state index contributed by atoms with van der Waals surface area (Å²) in [6.45, 7) is 0. The Labute approximate surface area is 112 Å². The smallest absolute Gasteiger partial charge is 0.293 e. The van der Waals surface area contributed by atoms with E-state index in [2.05, 4.69) is 15.4 Å². The van der Waals surface area contributed by atoms with Gasteiger partial charge in [-0.15, -0.1) is 5.10 Å². The van der Waals surface area contributed by atoms with Gasteiger partial charge in [-0.1, -0.05) is 30.3 Å². The van der Waals surface area contributed by atoms with Crippen molar-refractivity contribution in [1.82, 2.24) is 15.2 Å². The molecule has 1 amide bonds. The van der Waals surface area contributed by atoms with E-state index in [9.17, 15) is 18.0 Å². The summed E-state index contributed by atoms with van der Waals surface area (Å²) in [6.07, 6.45) is -3.98. The zero-order chi connectivity index (χ0) is 14.6. The third kappa shape index (κ3) is 3.81. The van der Waals surface area contributed by atoms with E-state index < -0.39 is 17.9 Å². The van der Waals surface area contributed by atoms with Gasteiger partial charge < -0.3 is 0 Å². The molecule has 106 valence electrons. The SMILES string of the molecule is O=C(CCc1ccccc1)Nc1n[nH]c(C(F)(F)F)n1. The molecule has 0 bridgehead atoms. The van der Waals surface area contributed by atoms with Gasteiger partial charge in [-0.3, -0.25) is 15.2 Å². The van der Waals surface area contributed by atoms with E-state index in [1.54, 1.807) is 5.10 Å². The lowest BCUT2D eigenvalue weighted by atomic mass is 10.1. The minimum atomic E-state index is -4.61. The fourth-order valence-corrected chi connectivity index (χ4v) is 1.53. The van der Waals surface area contributed by atoms with E-state index >= 15 is 0 Å². The number of aromatic amines is 1. The van der Waals surface area contributed by atoms with Crippen LogP contribution in [0, 0.1) is 0 Å². The molecule has 2 rings (SSSR count). The third-order valence-electron chi connectivity index (χ3n) is 2.49. The van der Waals surface area contributed by atoms with Crippen molar-refractivity contribution in [2.45, 2.75) is 19.0 Å². The molecule has 8 heteroatoms. The molecule has 1 heterocycles. The van der Waals surface area contributed by atoms with Gasteiger partial charge in [-0.2, -0.15) is 18.2 Å². The number of alkyl halides is 3. The van der Waals surface area contributed by atoms with Crippen molar-refractivity contribution in [3.8, 4) is 0 Å². The van der Waals surface area contributed by atoms with Crippen LogP contribution < -0.4 is 5.32 Å². The number of hydrogen-bond donors (Lipinski definition) is 2. The van der Waals surface area contributed by atoms with Crippen LogP contribution in [0.5, 0.6) is 0 Å². The third-order valence-corrected chi connectivity index (χ3v) is 2.49. The molecule has 0 radical (unpaired) electrons. The van der Waals surface area contributed by atoms with Crippen molar-refractivity contribution in [3.63, 3.8) is 0 Å². The van der Waals surface area contributed by atoms with Crippen LogP contribution >= 0.6 is 0 Å². The first kappa shape index (κ1) is 14.0. The van der Waals surface area contributed by atoms with E-state index in [0.29, 0.717) is 6.42 Å². The summed E-state index contributed by atoms with van der Waals surface area (Å²) in [5.74, 6) is -2.06. The predicted octanol–water partition coefficient (Wildman–Crippen LogP) is 2.39. The number of amides is 1. The number of anilines is 1. The molecule has 2 N–H and O–H groups in total. The van der Waals surface area contributed by atoms with Gasteiger partial charge >= 0.3 is 6.18 Å². The highest BCUT2D eigenvalue weighted by Crippen LogP contribution is 2.26. The Bertz CT molecular complexity index is 580. The molecule has 1 aromatic carbocycles. The van der Waals surface area contributed by atoms with E-state index in [1.165, 1.54) is 0 Å². The molecule has 0 unspecified atom stereocenters. The lowest BCUT2D eigenvalue weighted by Crippen LogP contribution is -2.14. The maximum Gasteiger partial charge on any atom is 0.451 e. The fourth-order valence-electron chi connectivity index (χ4n) is 1.53. The van der Waals surface area contributed by atoms with E-state index in [4.69, 9.17) is 0 Å². The number of halogens is 3. The highest BCUT2D eigenvalue weighted by Gasteiger charge is 2.35. The van der Waals surface area contributed by atoms with E-state index in [1.807, 2.05) is 30.3 Å². The molecule has 0 aliphatic heterocycles. The molecule has 20 heavy (non-hydrogen) atoms. The molecule has 5 nitrogen and oxygen atoms in total. The van der Waals surface area contributed by atoms with E-state index in [0.717, 1.165) is 5.56 Å². The number of H-pyrrole nitrogens is 1. The van der Waals surface area contributed by atoms with Crippen molar-refractivity contribution in [3.05, 3.63) is 41.7 Å². The van der Waals surface area contributed by atoms with Crippen LogP contribution in [0.4, 0.5) is 19.1 Å². The first-order chi connectivity index (χ1) is 9.45. The second kappa shape index (κ2) is 5.72. The topological polar surface area (TPSA) is 70.7 Å². The summed E-state index contributed by atoms with van der Waals surface area (Å²) in [7, 11) is 0. The molecule has 2 aromatic rings. The van der Waals surface area contributed by atoms with Crippen LogP contribution in [0.1, 0.15) is 17.8 Å². The Morgan fingerprint density at radius 1 is 1.25 bits per heavy atom. The Morgan fingerprint density at radius 2 is 1.95 bits per heavy atom. The van der Waals surface area contributed by atoms with Gasteiger partial charge in [0.05, 0.1) is 0 Å². The molecular weight excluding hydrogens is 273 g/mol. The zero-order valence-electron chi connectivity index (χ0n) is 10.2. The Balaban J connectivity index is 1.87. The lowest BCUT2D eigenvalue weighted by Gasteiger charge is -2.01. The quantitative estimate of drug-likeness (QED) is 0.905. The monoisotopic (exact) mass is 284 g/mol. The van der Waals surface area contributed by atoms with Crippen molar-refractivity contribution >= 4 is 11.9 Å². The molecule has 0 fully saturated rings. The number of rotatable bonds is 4. The molecule has 0 atom stereocenters.